The molecule has 0 aliphatic carbocycles. The predicted octanol–water partition coefficient (Wildman–Crippen LogP) is 1.49. The maximum Gasteiger partial charge on any atom is 0.253 e. The zero-order valence-electron chi connectivity index (χ0n) is 12.4. The van der Waals surface area contributed by atoms with Crippen LogP contribution in [0.25, 0.3) is 0 Å². The molecule has 0 spiro atoms. The highest BCUT2D eigenvalue weighted by molar-refractivity contribution is 5.94. The van der Waals surface area contributed by atoms with Gasteiger partial charge in [0.05, 0.1) is 0 Å². The van der Waals surface area contributed by atoms with Gasteiger partial charge in [0.1, 0.15) is 5.69 Å². The minimum Gasteiger partial charge on any atom is -0.368 e. The number of benzene rings is 2. The summed E-state index contributed by atoms with van der Waals surface area (Å²) < 4.78 is 0. The van der Waals surface area contributed by atoms with Crippen LogP contribution in [0.4, 0.5) is 11.4 Å². The third-order valence-electron chi connectivity index (χ3n) is 3.95. The molecular weight excluding hydrogens is 276 g/mol. The quantitative estimate of drug-likeness (QED) is 0.872. The van der Waals surface area contributed by atoms with Crippen LogP contribution in [0, 0.1) is 0 Å². The van der Waals surface area contributed by atoms with E-state index >= 15 is 0 Å². The Morgan fingerprint density at radius 3 is 2.14 bits per heavy atom. The van der Waals surface area contributed by atoms with E-state index in [1.165, 1.54) is 0 Å². The van der Waals surface area contributed by atoms with Crippen LogP contribution in [0.3, 0.4) is 0 Å². The highest BCUT2D eigenvalue weighted by atomic mass is 16.2. The average Bonchev–Trinajstić information content (AvgIpc) is 2.62. The molecule has 3 rings (SSSR count). The van der Waals surface area contributed by atoms with Crippen molar-refractivity contribution in [1.29, 1.82) is 0 Å². The van der Waals surface area contributed by atoms with Gasteiger partial charge in [-0.25, -0.2) is 0 Å². The summed E-state index contributed by atoms with van der Waals surface area (Å²) in [5.41, 5.74) is 7.91. The Kier molecular flexibility index (Phi) is 4.14. The second-order valence-corrected chi connectivity index (χ2v) is 5.29. The monoisotopic (exact) mass is 295 g/mol. The maximum absolute atomic E-state index is 12.4. The zero-order valence-corrected chi connectivity index (χ0v) is 12.4. The lowest BCUT2D eigenvalue weighted by molar-refractivity contribution is -0.210. The Morgan fingerprint density at radius 1 is 0.909 bits per heavy atom. The van der Waals surface area contributed by atoms with Crippen LogP contribution in [0.15, 0.2) is 59.7 Å². The molecule has 0 aromatic heterocycles. The Morgan fingerprint density at radius 2 is 1.55 bits per heavy atom. The van der Waals surface area contributed by atoms with Crippen LogP contribution in [-0.2, 0) is 0 Å². The van der Waals surface area contributed by atoms with Crippen LogP contribution in [0.2, 0.25) is 0 Å². The number of hydrogen-bond donors (Lipinski definition) is 1. The molecule has 1 saturated heterocycles. The van der Waals surface area contributed by atoms with E-state index in [0.29, 0.717) is 0 Å². The van der Waals surface area contributed by atoms with E-state index < -0.39 is 0 Å². The van der Waals surface area contributed by atoms with Gasteiger partial charge < -0.3 is 9.80 Å². The number of piperazine rings is 1. The molecule has 0 unspecified atom stereocenters. The Hall–Kier alpha value is -2.69. The summed E-state index contributed by atoms with van der Waals surface area (Å²) in [6.07, 6.45) is 0. The second-order valence-electron chi connectivity index (χ2n) is 5.29. The molecule has 5 heteroatoms. The van der Waals surface area contributed by atoms with Crippen LogP contribution in [0.5, 0.6) is 0 Å². The number of carbonyl (C=O) groups is 1. The molecule has 2 N–H and O–H groups in total. The Labute approximate surface area is 129 Å². The van der Waals surface area contributed by atoms with Gasteiger partial charge in [0.15, 0.2) is 0 Å². The van der Waals surface area contributed by atoms with Gasteiger partial charge in [-0.3, -0.25) is 4.79 Å². The van der Waals surface area contributed by atoms with Crippen molar-refractivity contribution in [2.45, 2.75) is 0 Å². The predicted molar refractivity (Wildman–Crippen MR) is 85.0 cm³/mol. The number of anilines is 1. The molecule has 1 amide bonds. The molecule has 1 heterocycles. The average molecular weight is 295 g/mol. The van der Waals surface area contributed by atoms with E-state index in [4.69, 9.17) is 5.53 Å². The summed E-state index contributed by atoms with van der Waals surface area (Å²) in [4.78, 5) is 16.6. The van der Waals surface area contributed by atoms with Gasteiger partial charge in [0.25, 0.3) is 5.91 Å². The van der Waals surface area contributed by atoms with Crippen LogP contribution >= 0.6 is 0 Å². The minimum atomic E-state index is 0.109. The first-order valence-corrected chi connectivity index (χ1v) is 7.38. The summed E-state index contributed by atoms with van der Waals surface area (Å²) in [6, 6.07) is 17.3. The molecule has 0 saturated carbocycles. The molecule has 0 radical (unpaired) electrons. The van der Waals surface area contributed by atoms with E-state index in [1.807, 2.05) is 59.5 Å². The van der Waals surface area contributed by atoms with Gasteiger partial charge in [0.2, 0.25) is 0 Å². The normalized spacial score (nSPS) is 14.7. The van der Waals surface area contributed by atoms with Gasteiger partial charge >= 0.3 is 0 Å². The van der Waals surface area contributed by atoms with E-state index in [1.54, 1.807) is 0 Å². The number of hydrogen-bond acceptors (Lipinski definition) is 3. The van der Waals surface area contributed by atoms with Gasteiger partial charge in [-0.1, -0.05) is 18.2 Å². The number of amides is 1. The van der Waals surface area contributed by atoms with Crippen LogP contribution < -0.4 is 10.4 Å². The van der Waals surface area contributed by atoms with Gasteiger partial charge in [-0.05, 0) is 41.5 Å². The Bertz CT molecular complexity index is 646. The lowest BCUT2D eigenvalue weighted by atomic mass is 10.1. The van der Waals surface area contributed by atoms with E-state index in [9.17, 15) is 4.79 Å². The third kappa shape index (κ3) is 2.98. The Balaban J connectivity index is 1.62. The molecule has 0 atom stereocenters. The fourth-order valence-electron chi connectivity index (χ4n) is 2.68. The number of nitrogens with zero attached hydrogens (tertiary/aromatic N) is 3. The molecule has 5 nitrogen and oxygen atoms in total. The molecule has 1 aliphatic rings. The minimum absolute atomic E-state index is 0.109. The van der Waals surface area contributed by atoms with Crippen molar-refractivity contribution in [2.24, 2.45) is 5.11 Å². The number of nitrogens with two attached hydrogens (primary N) is 1. The molecule has 112 valence electrons. The number of carbonyl (C=O) groups excluding carboxylic acids is 1. The molecule has 0 bridgehead atoms. The van der Waals surface area contributed by atoms with Crippen molar-refractivity contribution >= 4 is 17.3 Å². The highest BCUT2D eigenvalue weighted by Crippen LogP contribution is 2.20. The maximum atomic E-state index is 12.4. The smallest absolute Gasteiger partial charge is 0.253 e. The first-order valence-electron chi connectivity index (χ1n) is 7.38. The van der Waals surface area contributed by atoms with E-state index in [2.05, 4.69) is 10.0 Å². The summed E-state index contributed by atoms with van der Waals surface area (Å²) in [5, 5.41) is 3.65. The summed E-state index contributed by atoms with van der Waals surface area (Å²) >= 11 is 0. The fraction of sp³-hybridized carbons (Fsp3) is 0.235. The second kappa shape index (κ2) is 6.39. The molecule has 1 aliphatic heterocycles. The molecular formula is C17H19N4O+. The van der Waals surface area contributed by atoms with E-state index in [-0.39, 0.29) is 5.91 Å². The molecule has 2 aromatic carbocycles. The van der Waals surface area contributed by atoms with Gasteiger partial charge in [-0.15, -0.1) is 0 Å². The van der Waals surface area contributed by atoms with Crippen LogP contribution in [0.1, 0.15) is 10.4 Å². The van der Waals surface area contributed by atoms with E-state index in [0.717, 1.165) is 43.1 Å². The fourth-order valence-corrected chi connectivity index (χ4v) is 2.68. The van der Waals surface area contributed by atoms with Crippen LogP contribution in [-0.4, -0.2) is 37.0 Å². The van der Waals surface area contributed by atoms with Crippen molar-refractivity contribution in [3.8, 4) is 0 Å². The lowest BCUT2D eigenvalue weighted by Gasteiger charge is -2.36. The highest BCUT2D eigenvalue weighted by Gasteiger charge is 2.22. The molecule has 1 fully saturated rings. The van der Waals surface area contributed by atoms with Crippen molar-refractivity contribution in [1.82, 2.24) is 4.90 Å². The van der Waals surface area contributed by atoms with Gasteiger partial charge in [0, 0.05) is 37.4 Å². The molecule has 2 aromatic rings. The number of rotatable bonds is 3. The summed E-state index contributed by atoms with van der Waals surface area (Å²) in [5.74, 6) is 0.109. The zero-order chi connectivity index (χ0) is 15.4. The first kappa shape index (κ1) is 14.3. The lowest BCUT2D eigenvalue weighted by Crippen LogP contribution is -2.48. The third-order valence-corrected chi connectivity index (χ3v) is 3.95. The molecule has 22 heavy (non-hydrogen) atoms. The SMILES string of the molecule is [NH2+]=Nc1ccc(N2CCN(C(=O)c3ccccc3)CC2)cc1. The van der Waals surface area contributed by atoms with Crippen molar-refractivity contribution in [3.05, 3.63) is 60.2 Å². The van der Waals surface area contributed by atoms with Crippen molar-refractivity contribution in [2.75, 3.05) is 31.1 Å². The largest absolute Gasteiger partial charge is 0.368 e. The first-order chi connectivity index (χ1) is 10.8. The van der Waals surface area contributed by atoms with Crippen molar-refractivity contribution < 1.29 is 10.3 Å². The summed E-state index contributed by atoms with van der Waals surface area (Å²) in [7, 11) is 0. The van der Waals surface area contributed by atoms with Gasteiger partial charge in [-0.2, -0.15) is 5.53 Å². The standard InChI is InChI=1S/C17H18N4O/c18-19-15-6-8-16(9-7-15)20-10-12-21(13-11-20)17(22)14-4-2-1-3-5-14/h1-9,18H,10-13H2/p+1. The summed E-state index contributed by atoms with van der Waals surface area (Å²) in [6.45, 7) is 3.13. The van der Waals surface area contributed by atoms with Crippen molar-refractivity contribution in [3.63, 3.8) is 0 Å². The topological polar surface area (TPSA) is 61.5 Å².